The SMILES string of the molecule is CCOC(=O)c1ccccc1N1C(=O)C(Cl)=C(Nc2ccc(C(=O)Oc3ccccc3OCC)cc2)C1=O. The standard InChI is InChI=1S/C28H23ClN2O7/c1-3-36-21-11-7-8-12-22(21)38-27(34)17-13-15-18(16-14-17)30-24-23(29)25(32)31(26(24)33)20-10-6-5-9-19(20)28(35)37-4-2/h5-16,30H,3-4H2,1-2H3. The summed E-state index contributed by atoms with van der Waals surface area (Å²) in [5.74, 6) is -2.07. The van der Waals surface area contributed by atoms with Gasteiger partial charge in [-0.3, -0.25) is 9.59 Å². The largest absolute Gasteiger partial charge is 0.490 e. The Morgan fingerprint density at radius 2 is 1.47 bits per heavy atom. The number of carbonyl (C=O) groups is 4. The van der Waals surface area contributed by atoms with Crippen LogP contribution in [-0.2, 0) is 14.3 Å². The lowest BCUT2D eigenvalue weighted by Gasteiger charge is -2.18. The third-order valence-electron chi connectivity index (χ3n) is 5.41. The number of esters is 2. The van der Waals surface area contributed by atoms with Gasteiger partial charge in [0.25, 0.3) is 11.8 Å². The third kappa shape index (κ3) is 5.37. The molecule has 0 spiro atoms. The number of halogens is 1. The van der Waals surface area contributed by atoms with Gasteiger partial charge in [0, 0.05) is 5.69 Å². The summed E-state index contributed by atoms with van der Waals surface area (Å²) in [7, 11) is 0. The van der Waals surface area contributed by atoms with Crippen LogP contribution in [0, 0.1) is 0 Å². The van der Waals surface area contributed by atoms with Gasteiger partial charge in [0.2, 0.25) is 0 Å². The van der Waals surface area contributed by atoms with Crippen molar-refractivity contribution in [1.29, 1.82) is 0 Å². The molecule has 1 aliphatic rings. The molecule has 10 heteroatoms. The van der Waals surface area contributed by atoms with Crippen molar-refractivity contribution < 1.29 is 33.4 Å². The van der Waals surface area contributed by atoms with E-state index in [1.54, 1.807) is 43.3 Å². The van der Waals surface area contributed by atoms with Crippen LogP contribution in [-0.4, -0.2) is 37.0 Å². The minimum absolute atomic E-state index is 0.0514. The number of para-hydroxylation sites is 3. The van der Waals surface area contributed by atoms with Crippen LogP contribution >= 0.6 is 11.6 Å². The lowest BCUT2D eigenvalue weighted by molar-refractivity contribution is -0.120. The van der Waals surface area contributed by atoms with Crippen LogP contribution in [0.1, 0.15) is 34.6 Å². The van der Waals surface area contributed by atoms with Gasteiger partial charge in [-0.1, -0.05) is 35.9 Å². The molecule has 38 heavy (non-hydrogen) atoms. The predicted octanol–water partition coefficient (Wildman–Crippen LogP) is 4.92. The molecule has 1 aliphatic heterocycles. The summed E-state index contributed by atoms with van der Waals surface area (Å²) in [6, 6.07) is 19.0. The summed E-state index contributed by atoms with van der Waals surface area (Å²) in [4.78, 5) is 51.9. The zero-order chi connectivity index (χ0) is 27.2. The van der Waals surface area contributed by atoms with Crippen molar-refractivity contribution in [3.63, 3.8) is 0 Å². The first kappa shape index (κ1) is 26.4. The number of hydrogen-bond acceptors (Lipinski definition) is 8. The van der Waals surface area contributed by atoms with E-state index in [1.165, 1.54) is 36.4 Å². The average Bonchev–Trinajstić information content (AvgIpc) is 3.13. The molecule has 194 valence electrons. The van der Waals surface area contributed by atoms with Crippen LogP contribution in [0.2, 0.25) is 0 Å². The summed E-state index contributed by atoms with van der Waals surface area (Å²) in [6.45, 7) is 4.02. The second-order valence-corrected chi connectivity index (χ2v) is 8.22. The molecule has 2 amide bonds. The Hall–Kier alpha value is -4.63. The molecule has 0 bridgehead atoms. The van der Waals surface area contributed by atoms with E-state index in [1.807, 2.05) is 6.92 Å². The molecule has 4 rings (SSSR count). The maximum absolute atomic E-state index is 13.2. The van der Waals surface area contributed by atoms with E-state index < -0.39 is 23.8 Å². The van der Waals surface area contributed by atoms with Gasteiger partial charge in [-0.25, -0.2) is 14.5 Å². The second kappa shape index (κ2) is 11.6. The zero-order valence-corrected chi connectivity index (χ0v) is 21.3. The topological polar surface area (TPSA) is 111 Å². The number of ether oxygens (including phenoxy) is 3. The van der Waals surface area contributed by atoms with Gasteiger partial charge in [0.15, 0.2) is 11.5 Å². The summed E-state index contributed by atoms with van der Waals surface area (Å²) in [5.41, 5.74) is 0.583. The van der Waals surface area contributed by atoms with Crippen LogP contribution in [0.5, 0.6) is 11.5 Å². The van der Waals surface area contributed by atoms with Crippen molar-refractivity contribution >= 4 is 46.7 Å². The Morgan fingerprint density at radius 3 is 2.16 bits per heavy atom. The molecular weight excluding hydrogens is 512 g/mol. The van der Waals surface area contributed by atoms with E-state index in [2.05, 4.69) is 5.32 Å². The quantitative estimate of drug-likeness (QED) is 0.234. The van der Waals surface area contributed by atoms with Gasteiger partial charge < -0.3 is 19.5 Å². The lowest BCUT2D eigenvalue weighted by Crippen LogP contribution is -2.33. The molecule has 0 unspecified atom stereocenters. The summed E-state index contributed by atoms with van der Waals surface area (Å²) in [6.07, 6.45) is 0. The van der Waals surface area contributed by atoms with Gasteiger partial charge >= 0.3 is 11.9 Å². The second-order valence-electron chi connectivity index (χ2n) is 7.84. The third-order valence-corrected chi connectivity index (χ3v) is 5.76. The van der Waals surface area contributed by atoms with Gasteiger partial charge in [-0.05, 0) is 62.4 Å². The molecule has 0 saturated carbocycles. The highest BCUT2D eigenvalue weighted by Gasteiger charge is 2.40. The fourth-order valence-electron chi connectivity index (χ4n) is 3.68. The summed E-state index contributed by atoms with van der Waals surface area (Å²) < 4.78 is 16.0. The van der Waals surface area contributed by atoms with Crippen molar-refractivity contribution in [3.05, 3.63) is 94.7 Å². The highest BCUT2D eigenvalue weighted by Crippen LogP contribution is 2.33. The van der Waals surface area contributed by atoms with E-state index >= 15 is 0 Å². The average molecular weight is 535 g/mol. The van der Waals surface area contributed by atoms with Crippen molar-refractivity contribution in [2.24, 2.45) is 0 Å². The number of nitrogens with one attached hydrogen (secondary N) is 1. The van der Waals surface area contributed by atoms with Crippen molar-refractivity contribution in [2.45, 2.75) is 13.8 Å². The molecule has 0 aliphatic carbocycles. The smallest absolute Gasteiger partial charge is 0.343 e. The molecule has 0 saturated heterocycles. The van der Waals surface area contributed by atoms with Crippen molar-refractivity contribution in [3.8, 4) is 11.5 Å². The molecule has 3 aromatic rings. The van der Waals surface area contributed by atoms with Crippen LogP contribution in [0.15, 0.2) is 83.5 Å². The molecule has 1 N–H and O–H groups in total. The van der Waals surface area contributed by atoms with Crippen LogP contribution in [0.25, 0.3) is 0 Å². The molecule has 0 radical (unpaired) electrons. The number of imide groups is 1. The molecule has 1 heterocycles. The Bertz CT molecular complexity index is 1430. The van der Waals surface area contributed by atoms with Crippen molar-refractivity contribution in [2.75, 3.05) is 23.4 Å². The molecular formula is C28H23ClN2O7. The number of hydrogen-bond donors (Lipinski definition) is 1. The number of amides is 2. The molecule has 0 fully saturated rings. The van der Waals surface area contributed by atoms with E-state index in [-0.39, 0.29) is 39.9 Å². The highest BCUT2D eigenvalue weighted by molar-refractivity contribution is 6.53. The van der Waals surface area contributed by atoms with Gasteiger partial charge in [-0.15, -0.1) is 0 Å². The molecule has 3 aromatic carbocycles. The predicted molar refractivity (Wildman–Crippen MR) is 140 cm³/mol. The number of carbonyl (C=O) groups excluding carboxylic acids is 4. The fraction of sp³-hybridized carbons (Fsp3) is 0.143. The number of anilines is 2. The number of nitrogens with zero attached hydrogens (tertiary/aromatic N) is 1. The Labute approximate surface area is 223 Å². The van der Waals surface area contributed by atoms with Gasteiger partial charge in [-0.2, -0.15) is 0 Å². The van der Waals surface area contributed by atoms with Crippen LogP contribution in [0.3, 0.4) is 0 Å². The fourth-order valence-corrected chi connectivity index (χ4v) is 3.89. The zero-order valence-electron chi connectivity index (χ0n) is 20.5. The van der Waals surface area contributed by atoms with Crippen LogP contribution in [0.4, 0.5) is 11.4 Å². The lowest BCUT2D eigenvalue weighted by atomic mass is 10.1. The first-order valence-corrected chi connectivity index (χ1v) is 12.1. The van der Waals surface area contributed by atoms with Crippen molar-refractivity contribution in [1.82, 2.24) is 0 Å². The minimum atomic E-state index is -0.788. The molecule has 9 nitrogen and oxygen atoms in total. The monoisotopic (exact) mass is 534 g/mol. The van der Waals surface area contributed by atoms with E-state index in [0.717, 1.165) is 4.90 Å². The maximum Gasteiger partial charge on any atom is 0.343 e. The highest BCUT2D eigenvalue weighted by atomic mass is 35.5. The number of rotatable bonds is 9. The minimum Gasteiger partial charge on any atom is -0.490 e. The number of benzene rings is 3. The van der Waals surface area contributed by atoms with Gasteiger partial charge in [0.05, 0.1) is 30.0 Å². The molecule has 0 aromatic heterocycles. The first-order chi connectivity index (χ1) is 18.3. The molecule has 0 atom stereocenters. The Kier molecular flexibility index (Phi) is 8.08. The Balaban J connectivity index is 1.50. The van der Waals surface area contributed by atoms with E-state index in [9.17, 15) is 19.2 Å². The summed E-state index contributed by atoms with van der Waals surface area (Å²) in [5, 5.41) is 2.49. The van der Waals surface area contributed by atoms with E-state index in [0.29, 0.717) is 18.0 Å². The van der Waals surface area contributed by atoms with E-state index in [4.69, 9.17) is 25.8 Å². The van der Waals surface area contributed by atoms with Crippen LogP contribution < -0.4 is 19.7 Å². The first-order valence-electron chi connectivity index (χ1n) is 11.7. The van der Waals surface area contributed by atoms with Gasteiger partial charge in [0.1, 0.15) is 10.7 Å². The normalized spacial score (nSPS) is 13.0. The Morgan fingerprint density at radius 1 is 0.816 bits per heavy atom. The summed E-state index contributed by atoms with van der Waals surface area (Å²) >= 11 is 6.23. The maximum atomic E-state index is 13.2.